The van der Waals surface area contributed by atoms with Crippen LogP contribution in [0.5, 0.6) is 0 Å². The Kier molecular flexibility index (Phi) is 6.56. The molecule has 1 fully saturated rings. The molecule has 40 heavy (non-hydrogen) atoms. The molecule has 1 amide bonds. The maximum absolute atomic E-state index is 15.5. The highest BCUT2D eigenvalue weighted by atomic mass is 32.1. The summed E-state index contributed by atoms with van der Waals surface area (Å²) < 4.78 is 42.6. The van der Waals surface area contributed by atoms with Gasteiger partial charge in [-0.15, -0.1) is 11.3 Å². The van der Waals surface area contributed by atoms with Crippen LogP contribution in [0.25, 0.3) is 21.3 Å². The number of likely N-dealkylation sites (tertiary alicyclic amines) is 1. The lowest BCUT2D eigenvalue weighted by Gasteiger charge is -2.38. The largest absolute Gasteiger partial charge is 0.336 e. The first-order valence-electron chi connectivity index (χ1n) is 12.2. The summed E-state index contributed by atoms with van der Waals surface area (Å²) in [6.45, 7) is -0.221. The number of thiophene rings is 1. The minimum atomic E-state index is -2.64. The van der Waals surface area contributed by atoms with Crippen molar-refractivity contribution in [3.05, 3.63) is 99.5 Å². The Hall–Kier alpha value is -4.55. The molecular formula is C28H21F3N6O2S. The predicted molar refractivity (Wildman–Crippen MR) is 148 cm³/mol. The van der Waals surface area contributed by atoms with Gasteiger partial charge in [0.2, 0.25) is 0 Å². The number of aromatic nitrogens is 3. The molecule has 6 rings (SSSR count). The molecule has 1 aliphatic rings. The molecule has 8 nitrogen and oxygen atoms in total. The molecule has 2 aromatic carbocycles. The number of hydrogen-bond acceptors (Lipinski definition) is 7. The summed E-state index contributed by atoms with van der Waals surface area (Å²) >= 11 is 1.31. The van der Waals surface area contributed by atoms with Gasteiger partial charge in [0.25, 0.3) is 17.4 Å². The van der Waals surface area contributed by atoms with Crippen LogP contribution in [0.4, 0.5) is 30.4 Å². The zero-order chi connectivity index (χ0) is 27.9. The van der Waals surface area contributed by atoms with E-state index in [9.17, 15) is 18.4 Å². The molecule has 1 saturated heterocycles. The van der Waals surface area contributed by atoms with Crippen LogP contribution in [-0.4, -0.2) is 45.0 Å². The lowest BCUT2D eigenvalue weighted by molar-refractivity contribution is -0.133. The second kappa shape index (κ2) is 10.2. The number of H-pyrrole nitrogens is 1. The number of nitrogens with zero attached hydrogens (tertiary/aromatic N) is 3. The lowest BCUT2D eigenvalue weighted by atomic mass is 10.1. The molecular weight excluding hydrogens is 541 g/mol. The van der Waals surface area contributed by atoms with Gasteiger partial charge in [-0.2, -0.15) is 5.10 Å². The van der Waals surface area contributed by atoms with Gasteiger partial charge in [0.05, 0.1) is 29.3 Å². The Morgan fingerprint density at radius 2 is 1.88 bits per heavy atom. The SMILES string of the molecule is O=C(Nc1cccc(-c2cc(Nc3ccc(CN4CC(F)(F)C4)cn3)c(=O)[nH]n2)c1F)c1cc2ccccc2s1. The second-order valence-electron chi connectivity index (χ2n) is 9.44. The fourth-order valence-electron chi connectivity index (χ4n) is 4.45. The highest BCUT2D eigenvalue weighted by molar-refractivity contribution is 7.20. The first-order valence-corrected chi connectivity index (χ1v) is 13.1. The molecule has 0 aliphatic carbocycles. The monoisotopic (exact) mass is 562 g/mol. The number of fused-ring (bicyclic) bond motifs is 1. The van der Waals surface area contributed by atoms with E-state index in [1.165, 1.54) is 35.7 Å². The minimum Gasteiger partial charge on any atom is -0.336 e. The Bertz CT molecular complexity index is 1750. The normalized spacial score (nSPS) is 14.6. The Morgan fingerprint density at radius 3 is 2.62 bits per heavy atom. The number of halogens is 3. The zero-order valence-electron chi connectivity index (χ0n) is 20.7. The number of anilines is 3. The molecule has 0 radical (unpaired) electrons. The topological polar surface area (TPSA) is 103 Å². The van der Waals surface area contributed by atoms with Crippen molar-refractivity contribution >= 4 is 44.5 Å². The quantitative estimate of drug-likeness (QED) is 0.238. The summed E-state index contributed by atoms with van der Waals surface area (Å²) in [4.78, 5) is 31.6. The molecule has 0 saturated carbocycles. The van der Waals surface area contributed by atoms with E-state index in [-0.39, 0.29) is 35.7 Å². The van der Waals surface area contributed by atoms with Crippen molar-refractivity contribution in [2.24, 2.45) is 0 Å². The third-order valence-corrected chi connectivity index (χ3v) is 7.49. The van der Waals surface area contributed by atoms with Gasteiger partial charge in [-0.25, -0.2) is 23.3 Å². The number of aromatic amines is 1. The number of alkyl halides is 2. The van der Waals surface area contributed by atoms with Gasteiger partial charge in [0.15, 0.2) is 5.82 Å². The van der Waals surface area contributed by atoms with E-state index in [0.717, 1.165) is 15.6 Å². The highest BCUT2D eigenvalue weighted by Gasteiger charge is 2.43. The van der Waals surface area contributed by atoms with Gasteiger partial charge < -0.3 is 10.6 Å². The maximum atomic E-state index is 15.5. The summed E-state index contributed by atoms with van der Waals surface area (Å²) in [5.41, 5.74) is 0.455. The molecule has 5 aromatic rings. The zero-order valence-corrected chi connectivity index (χ0v) is 21.6. The predicted octanol–water partition coefficient (Wildman–Crippen LogP) is 5.63. The van der Waals surface area contributed by atoms with Crippen LogP contribution < -0.4 is 16.2 Å². The third-order valence-electron chi connectivity index (χ3n) is 6.38. The summed E-state index contributed by atoms with van der Waals surface area (Å²) in [6.07, 6.45) is 1.54. The Labute approximate surface area is 229 Å². The van der Waals surface area contributed by atoms with Crippen LogP contribution in [0, 0.1) is 5.82 Å². The van der Waals surface area contributed by atoms with Crippen molar-refractivity contribution in [3.63, 3.8) is 0 Å². The van der Waals surface area contributed by atoms with Crippen molar-refractivity contribution in [1.82, 2.24) is 20.1 Å². The third kappa shape index (κ3) is 5.31. The molecule has 1 aliphatic heterocycles. The first-order chi connectivity index (χ1) is 19.2. The van der Waals surface area contributed by atoms with Crippen LogP contribution in [0.15, 0.2) is 77.7 Å². The van der Waals surface area contributed by atoms with Gasteiger partial charge in [0.1, 0.15) is 11.5 Å². The number of pyridine rings is 1. The van der Waals surface area contributed by atoms with Crippen LogP contribution in [0.3, 0.4) is 0 Å². The van der Waals surface area contributed by atoms with E-state index in [2.05, 4.69) is 25.8 Å². The van der Waals surface area contributed by atoms with Crippen molar-refractivity contribution in [1.29, 1.82) is 0 Å². The van der Waals surface area contributed by atoms with Gasteiger partial charge in [0, 0.05) is 23.0 Å². The van der Waals surface area contributed by atoms with Crippen molar-refractivity contribution in [2.45, 2.75) is 12.5 Å². The number of rotatable bonds is 7. The Balaban J connectivity index is 1.19. The number of carbonyl (C=O) groups excluding carboxylic acids is 1. The minimum absolute atomic E-state index is 0.0281. The Morgan fingerprint density at radius 1 is 1.05 bits per heavy atom. The molecule has 202 valence electrons. The fourth-order valence-corrected chi connectivity index (χ4v) is 5.41. The molecule has 3 aromatic heterocycles. The summed E-state index contributed by atoms with van der Waals surface area (Å²) in [5, 5.41) is 12.8. The summed E-state index contributed by atoms with van der Waals surface area (Å²) in [5.74, 6) is -3.45. The molecule has 3 N–H and O–H groups in total. The molecule has 12 heteroatoms. The maximum Gasteiger partial charge on any atom is 0.287 e. The smallest absolute Gasteiger partial charge is 0.287 e. The standard InChI is InChI=1S/C28H21F3N6O2S/c29-25-18(5-3-6-19(25)34-27(39)23-10-17-4-1-2-7-22(17)40-23)20-11-21(26(38)36-35-20)33-24-9-8-16(12-32-24)13-37-14-28(30,31)15-37/h1-12H,13-15H2,(H,34,39)(H,36,38)(H,32,33,35). The molecule has 0 atom stereocenters. The van der Waals surface area contributed by atoms with Crippen LogP contribution >= 0.6 is 11.3 Å². The van der Waals surface area contributed by atoms with Gasteiger partial charge in [-0.05, 0) is 47.3 Å². The first kappa shape index (κ1) is 25.7. The number of carbonyl (C=O) groups is 1. The van der Waals surface area contributed by atoms with E-state index < -0.39 is 23.2 Å². The van der Waals surface area contributed by atoms with Crippen molar-refractivity contribution in [3.8, 4) is 11.3 Å². The lowest BCUT2D eigenvalue weighted by Crippen LogP contribution is -2.55. The summed E-state index contributed by atoms with van der Waals surface area (Å²) in [6, 6.07) is 18.6. The van der Waals surface area contributed by atoms with Crippen LogP contribution in [-0.2, 0) is 6.54 Å². The van der Waals surface area contributed by atoms with Gasteiger partial charge in [-0.3, -0.25) is 14.5 Å². The highest BCUT2D eigenvalue weighted by Crippen LogP contribution is 2.30. The molecule has 0 spiro atoms. The van der Waals surface area contributed by atoms with Gasteiger partial charge in [-0.1, -0.05) is 30.3 Å². The molecule has 0 bridgehead atoms. The number of amides is 1. The van der Waals surface area contributed by atoms with Crippen molar-refractivity contribution in [2.75, 3.05) is 23.7 Å². The fraction of sp³-hybridized carbons (Fsp3) is 0.143. The van der Waals surface area contributed by atoms with Crippen LogP contribution in [0.1, 0.15) is 15.2 Å². The van der Waals surface area contributed by atoms with E-state index >= 15 is 4.39 Å². The number of nitrogens with one attached hydrogen (secondary N) is 3. The van der Waals surface area contributed by atoms with E-state index in [4.69, 9.17) is 0 Å². The van der Waals surface area contributed by atoms with E-state index in [1.807, 2.05) is 24.3 Å². The average molecular weight is 563 g/mol. The molecule has 0 unspecified atom stereocenters. The van der Waals surface area contributed by atoms with Crippen molar-refractivity contribution < 1.29 is 18.0 Å². The number of hydrogen-bond donors (Lipinski definition) is 3. The summed E-state index contributed by atoms with van der Waals surface area (Å²) in [7, 11) is 0. The molecule has 4 heterocycles. The van der Waals surface area contributed by atoms with Gasteiger partial charge >= 0.3 is 0 Å². The average Bonchev–Trinajstić information content (AvgIpc) is 3.36. The van der Waals surface area contributed by atoms with Crippen LogP contribution in [0.2, 0.25) is 0 Å². The number of benzene rings is 2. The second-order valence-corrected chi connectivity index (χ2v) is 10.5. The van der Waals surface area contributed by atoms with E-state index in [1.54, 1.807) is 29.2 Å². The van der Waals surface area contributed by atoms with E-state index in [0.29, 0.717) is 17.2 Å².